The molecule has 0 aromatic heterocycles. The Hall–Kier alpha value is -0.940. The number of nitro groups is 1. The summed E-state index contributed by atoms with van der Waals surface area (Å²) in [5.41, 5.74) is 0.959. The Morgan fingerprint density at radius 3 is 2.79 bits per heavy atom. The molecule has 14 heavy (non-hydrogen) atoms. The van der Waals surface area contributed by atoms with Crippen LogP contribution in [-0.2, 0) is 0 Å². The summed E-state index contributed by atoms with van der Waals surface area (Å²) in [5.74, 6) is 0. The Bertz CT molecular complexity index is 377. The zero-order valence-electron chi connectivity index (χ0n) is 7.37. The molecule has 1 saturated heterocycles. The predicted octanol–water partition coefficient (Wildman–Crippen LogP) is 2.39. The van der Waals surface area contributed by atoms with Gasteiger partial charge in [0.15, 0.2) is 0 Å². The maximum Gasteiger partial charge on any atom is 0.275 e. The maximum absolute atomic E-state index is 10.8. The second kappa shape index (κ2) is 3.67. The van der Waals surface area contributed by atoms with Gasteiger partial charge in [-0.1, -0.05) is 22.0 Å². The van der Waals surface area contributed by atoms with Crippen LogP contribution in [0.1, 0.15) is 18.0 Å². The fourth-order valence-electron chi connectivity index (χ4n) is 1.56. The molecule has 0 radical (unpaired) electrons. The van der Waals surface area contributed by atoms with Crippen LogP contribution in [0.5, 0.6) is 0 Å². The minimum atomic E-state index is -0.333. The lowest BCUT2D eigenvalue weighted by Crippen LogP contribution is -2.35. The van der Waals surface area contributed by atoms with Crippen molar-refractivity contribution in [3.05, 3.63) is 38.3 Å². The highest BCUT2D eigenvalue weighted by Crippen LogP contribution is 2.36. The van der Waals surface area contributed by atoms with Crippen molar-refractivity contribution in [2.24, 2.45) is 0 Å². The van der Waals surface area contributed by atoms with Gasteiger partial charge in [0.05, 0.1) is 10.5 Å². The Morgan fingerprint density at radius 1 is 1.57 bits per heavy atom. The van der Waals surface area contributed by atoms with Gasteiger partial charge >= 0.3 is 0 Å². The van der Waals surface area contributed by atoms with E-state index in [1.165, 1.54) is 0 Å². The molecule has 1 aromatic carbocycles. The highest BCUT2D eigenvalue weighted by Gasteiger charge is 2.28. The van der Waals surface area contributed by atoms with Crippen LogP contribution in [-0.4, -0.2) is 11.5 Å². The number of hydrogen-bond acceptors (Lipinski definition) is 3. The zero-order valence-corrected chi connectivity index (χ0v) is 8.95. The standard InChI is InChI=1S/C9H9BrN2O2/c10-6-2-1-3-8(12(13)14)9(6)7-4-5-11-7/h1-3,7,11H,4-5H2. The van der Waals surface area contributed by atoms with Gasteiger partial charge in [0.25, 0.3) is 5.69 Å². The zero-order chi connectivity index (χ0) is 10.1. The van der Waals surface area contributed by atoms with Gasteiger partial charge in [-0.05, 0) is 19.0 Å². The number of benzene rings is 1. The van der Waals surface area contributed by atoms with E-state index in [9.17, 15) is 10.1 Å². The van der Waals surface area contributed by atoms with E-state index in [-0.39, 0.29) is 16.7 Å². The molecular weight excluding hydrogens is 248 g/mol. The summed E-state index contributed by atoms with van der Waals surface area (Å²) in [7, 11) is 0. The second-order valence-corrected chi connectivity index (χ2v) is 4.08. The molecule has 1 heterocycles. The number of nitrogens with one attached hydrogen (secondary N) is 1. The molecule has 74 valence electrons. The summed E-state index contributed by atoms with van der Waals surface area (Å²) in [6.45, 7) is 0.934. The molecule has 1 aliphatic rings. The van der Waals surface area contributed by atoms with Gasteiger partial charge in [0.2, 0.25) is 0 Å². The fourth-order valence-corrected chi connectivity index (χ4v) is 2.20. The number of halogens is 1. The first-order valence-electron chi connectivity index (χ1n) is 4.36. The van der Waals surface area contributed by atoms with Crippen LogP contribution in [0.15, 0.2) is 22.7 Å². The van der Waals surface area contributed by atoms with Gasteiger partial charge in [-0.2, -0.15) is 0 Å². The summed E-state index contributed by atoms with van der Waals surface area (Å²) in [5, 5.41) is 13.9. The number of nitrogens with zero attached hydrogens (tertiary/aromatic N) is 1. The molecule has 0 amide bonds. The van der Waals surface area contributed by atoms with Crippen LogP contribution in [0.2, 0.25) is 0 Å². The topological polar surface area (TPSA) is 55.2 Å². The van der Waals surface area contributed by atoms with Gasteiger partial charge in [-0.3, -0.25) is 10.1 Å². The van der Waals surface area contributed by atoms with Crippen molar-refractivity contribution >= 4 is 21.6 Å². The maximum atomic E-state index is 10.8. The van der Waals surface area contributed by atoms with E-state index in [4.69, 9.17) is 0 Å². The average molecular weight is 257 g/mol. The number of rotatable bonds is 2. The Kier molecular flexibility index (Phi) is 2.52. The summed E-state index contributed by atoms with van der Waals surface area (Å²) in [6.07, 6.45) is 0.962. The van der Waals surface area contributed by atoms with Crippen LogP contribution in [0, 0.1) is 10.1 Å². The highest BCUT2D eigenvalue weighted by atomic mass is 79.9. The Labute approximate surface area is 89.6 Å². The third kappa shape index (κ3) is 1.53. The van der Waals surface area contributed by atoms with Crippen molar-refractivity contribution in [2.45, 2.75) is 12.5 Å². The molecule has 1 aromatic rings. The molecule has 1 fully saturated rings. The van der Waals surface area contributed by atoms with Gasteiger partial charge in [-0.25, -0.2) is 0 Å². The predicted molar refractivity (Wildman–Crippen MR) is 56.2 cm³/mol. The fraction of sp³-hybridized carbons (Fsp3) is 0.333. The second-order valence-electron chi connectivity index (χ2n) is 3.23. The molecule has 2 rings (SSSR count). The molecule has 0 aliphatic carbocycles. The lowest BCUT2D eigenvalue weighted by Gasteiger charge is -2.28. The van der Waals surface area contributed by atoms with E-state index in [0.717, 1.165) is 23.0 Å². The third-order valence-electron chi connectivity index (χ3n) is 2.40. The van der Waals surface area contributed by atoms with Gasteiger partial charge < -0.3 is 5.32 Å². The number of nitro benzene ring substituents is 1. The summed E-state index contributed by atoms with van der Waals surface area (Å²) >= 11 is 3.35. The summed E-state index contributed by atoms with van der Waals surface area (Å²) < 4.78 is 0.809. The Balaban J connectivity index is 2.47. The lowest BCUT2D eigenvalue weighted by molar-refractivity contribution is -0.386. The van der Waals surface area contributed by atoms with Crippen LogP contribution in [0.25, 0.3) is 0 Å². The molecule has 0 saturated carbocycles. The van der Waals surface area contributed by atoms with Crippen LogP contribution < -0.4 is 5.32 Å². The molecular formula is C9H9BrN2O2. The van der Waals surface area contributed by atoms with E-state index < -0.39 is 0 Å². The van der Waals surface area contributed by atoms with Crippen molar-refractivity contribution < 1.29 is 4.92 Å². The van der Waals surface area contributed by atoms with Crippen LogP contribution in [0.3, 0.4) is 0 Å². The Morgan fingerprint density at radius 2 is 2.29 bits per heavy atom. The third-order valence-corrected chi connectivity index (χ3v) is 3.09. The smallest absolute Gasteiger partial charge is 0.275 e. The van der Waals surface area contributed by atoms with E-state index >= 15 is 0 Å². The first-order valence-corrected chi connectivity index (χ1v) is 5.15. The number of hydrogen-bond donors (Lipinski definition) is 1. The van der Waals surface area contributed by atoms with Gasteiger partial charge in [-0.15, -0.1) is 0 Å². The lowest BCUT2D eigenvalue weighted by atomic mass is 9.96. The molecule has 0 spiro atoms. The van der Waals surface area contributed by atoms with E-state index in [2.05, 4.69) is 21.2 Å². The summed E-state index contributed by atoms with van der Waals surface area (Å²) in [6, 6.07) is 5.19. The van der Waals surface area contributed by atoms with Gasteiger partial charge in [0, 0.05) is 16.6 Å². The molecule has 1 atom stereocenters. The SMILES string of the molecule is O=[N+]([O-])c1cccc(Br)c1C1CCN1. The molecule has 0 bridgehead atoms. The first-order chi connectivity index (χ1) is 6.70. The van der Waals surface area contributed by atoms with Crippen molar-refractivity contribution in [3.63, 3.8) is 0 Å². The van der Waals surface area contributed by atoms with Gasteiger partial charge in [0.1, 0.15) is 0 Å². The van der Waals surface area contributed by atoms with Crippen LogP contribution in [0.4, 0.5) is 5.69 Å². The quantitative estimate of drug-likeness (QED) is 0.653. The van der Waals surface area contributed by atoms with Crippen molar-refractivity contribution in [1.29, 1.82) is 0 Å². The molecule has 5 heteroatoms. The normalized spacial score (nSPS) is 20.2. The summed E-state index contributed by atoms with van der Waals surface area (Å²) in [4.78, 5) is 10.4. The monoisotopic (exact) mass is 256 g/mol. The van der Waals surface area contributed by atoms with Crippen molar-refractivity contribution in [3.8, 4) is 0 Å². The van der Waals surface area contributed by atoms with Crippen molar-refractivity contribution in [2.75, 3.05) is 6.54 Å². The minimum absolute atomic E-state index is 0.131. The van der Waals surface area contributed by atoms with Crippen LogP contribution >= 0.6 is 15.9 Å². The average Bonchev–Trinajstić information content (AvgIpc) is 2.04. The van der Waals surface area contributed by atoms with E-state index in [1.54, 1.807) is 12.1 Å². The minimum Gasteiger partial charge on any atom is -0.310 e. The molecule has 1 aliphatic heterocycles. The molecule has 4 nitrogen and oxygen atoms in total. The largest absolute Gasteiger partial charge is 0.310 e. The van der Waals surface area contributed by atoms with E-state index in [1.807, 2.05) is 6.07 Å². The van der Waals surface area contributed by atoms with Crippen molar-refractivity contribution in [1.82, 2.24) is 5.32 Å². The first kappa shape index (κ1) is 9.61. The molecule has 1 unspecified atom stereocenters. The highest BCUT2D eigenvalue weighted by molar-refractivity contribution is 9.10. The molecule has 1 N–H and O–H groups in total. The van der Waals surface area contributed by atoms with E-state index in [0.29, 0.717) is 0 Å².